The Labute approximate surface area is 63.4 Å². The van der Waals surface area contributed by atoms with Crippen molar-refractivity contribution < 1.29 is 0 Å². The van der Waals surface area contributed by atoms with Gasteiger partial charge in [-0.05, 0) is 19.8 Å². The average Bonchev–Trinajstić information content (AvgIpc) is 2.40. The summed E-state index contributed by atoms with van der Waals surface area (Å²) in [5, 5.41) is 8.40. The van der Waals surface area contributed by atoms with Crippen molar-refractivity contribution in [3.8, 4) is 6.07 Å². The second kappa shape index (κ2) is 5.05. The van der Waals surface area contributed by atoms with Crippen molar-refractivity contribution in [1.29, 1.82) is 5.26 Å². The molecule has 0 spiro atoms. The third-order valence-corrected chi connectivity index (χ3v) is 1.50. The lowest BCUT2D eigenvalue weighted by atomic mass is 10.1. The van der Waals surface area contributed by atoms with E-state index >= 15 is 0 Å². The van der Waals surface area contributed by atoms with Gasteiger partial charge in [-0.25, -0.2) is 0 Å². The molecular formula is C9H15N. The van der Waals surface area contributed by atoms with Gasteiger partial charge in [0, 0.05) is 0 Å². The highest BCUT2D eigenvalue weighted by atomic mass is 14.3. The van der Waals surface area contributed by atoms with Crippen molar-refractivity contribution in [1.82, 2.24) is 0 Å². The maximum absolute atomic E-state index is 8.40. The van der Waals surface area contributed by atoms with Gasteiger partial charge in [-0.3, -0.25) is 0 Å². The highest BCUT2D eigenvalue weighted by Crippen LogP contribution is 2.22. The van der Waals surface area contributed by atoms with Crippen LogP contribution < -0.4 is 0 Å². The van der Waals surface area contributed by atoms with E-state index in [0.29, 0.717) is 0 Å². The smallest absolute Gasteiger partial charge is 0.0662 e. The Morgan fingerprint density at radius 1 is 1.60 bits per heavy atom. The van der Waals surface area contributed by atoms with E-state index in [1.165, 1.54) is 5.57 Å². The molecule has 0 N–H and O–H groups in total. The molecule has 10 heavy (non-hydrogen) atoms. The minimum absolute atomic E-state index is 0.287. The first-order valence-electron chi connectivity index (χ1n) is 3.88. The fourth-order valence-electron chi connectivity index (χ4n) is 0.997. The van der Waals surface area contributed by atoms with Gasteiger partial charge >= 0.3 is 0 Å². The number of hydrogen-bond donors (Lipinski definition) is 0. The molecule has 0 fully saturated rings. The van der Waals surface area contributed by atoms with E-state index < -0.39 is 0 Å². The van der Waals surface area contributed by atoms with Gasteiger partial charge in [0.1, 0.15) is 0 Å². The molecule has 0 amide bonds. The lowest BCUT2D eigenvalue weighted by molar-refractivity contribution is 0.719. The first-order chi connectivity index (χ1) is 4.83. The van der Waals surface area contributed by atoms with Crippen LogP contribution in [0.25, 0.3) is 0 Å². The van der Waals surface area contributed by atoms with Crippen molar-refractivity contribution >= 4 is 0 Å². The first-order valence-corrected chi connectivity index (χ1v) is 3.88. The zero-order chi connectivity index (χ0) is 7.98. The molecule has 0 aromatic rings. The molecule has 0 aromatic heterocycles. The monoisotopic (exact) mass is 137 g/mol. The second-order valence-electron chi connectivity index (χ2n) is 2.32. The molecule has 0 saturated heterocycles. The molecule has 1 aliphatic rings. The van der Waals surface area contributed by atoms with Gasteiger partial charge in [-0.15, -0.1) is 0 Å². The molecule has 0 heterocycles. The molecule has 0 aromatic carbocycles. The van der Waals surface area contributed by atoms with E-state index in [1.54, 1.807) is 0 Å². The number of rotatable bonds is 0. The van der Waals surface area contributed by atoms with E-state index in [4.69, 9.17) is 5.26 Å². The zero-order valence-corrected chi connectivity index (χ0v) is 7.02. The Kier molecular flexibility index (Phi) is 4.66. The van der Waals surface area contributed by atoms with Crippen molar-refractivity contribution in [3.63, 3.8) is 0 Å². The van der Waals surface area contributed by atoms with Crippen LogP contribution in [0, 0.1) is 17.2 Å². The summed E-state index contributed by atoms with van der Waals surface area (Å²) in [4.78, 5) is 0. The van der Waals surface area contributed by atoms with Crippen LogP contribution >= 0.6 is 0 Å². The van der Waals surface area contributed by atoms with Crippen LogP contribution in [0.3, 0.4) is 0 Å². The van der Waals surface area contributed by atoms with Gasteiger partial charge in [0.25, 0.3) is 0 Å². The summed E-state index contributed by atoms with van der Waals surface area (Å²) < 4.78 is 0. The van der Waals surface area contributed by atoms with Gasteiger partial charge in [0.05, 0.1) is 12.0 Å². The predicted octanol–water partition coefficient (Wildman–Crippen LogP) is 2.89. The van der Waals surface area contributed by atoms with Crippen LogP contribution in [0.15, 0.2) is 11.6 Å². The van der Waals surface area contributed by atoms with E-state index in [-0.39, 0.29) is 5.92 Å². The second-order valence-corrected chi connectivity index (χ2v) is 2.32. The number of allylic oxidation sites excluding steroid dienone is 2. The SMILES string of the molecule is CC.CC1=CCC(C#N)C1. The van der Waals surface area contributed by atoms with Crippen LogP contribution in [-0.2, 0) is 0 Å². The Balaban J connectivity index is 0.000000371. The fourth-order valence-corrected chi connectivity index (χ4v) is 0.997. The van der Waals surface area contributed by atoms with Gasteiger partial charge < -0.3 is 0 Å². The summed E-state index contributed by atoms with van der Waals surface area (Å²) in [6.07, 6.45) is 4.12. The number of hydrogen-bond acceptors (Lipinski definition) is 1. The van der Waals surface area contributed by atoms with Crippen LogP contribution in [0.1, 0.15) is 33.6 Å². The molecule has 56 valence electrons. The minimum Gasteiger partial charge on any atom is -0.198 e. The lowest BCUT2D eigenvalue weighted by Gasteiger charge is -1.92. The Morgan fingerprint density at radius 2 is 2.20 bits per heavy atom. The molecule has 1 atom stereocenters. The molecule has 1 heteroatoms. The molecule has 0 bridgehead atoms. The first kappa shape index (κ1) is 9.23. The third kappa shape index (κ3) is 2.68. The van der Waals surface area contributed by atoms with Gasteiger partial charge in [0.15, 0.2) is 0 Å². The van der Waals surface area contributed by atoms with E-state index in [2.05, 4.69) is 19.1 Å². The van der Waals surface area contributed by atoms with Crippen LogP contribution in [0.4, 0.5) is 0 Å². The molecule has 1 aliphatic carbocycles. The highest BCUT2D eigenvalue weighted by Gasteiger charge is 2.11. The van der Waals surface area contributed by atoms with Crippen molar-refractivity contribution in [2.75, 3.05) is 0 Å². The van der Waals surface area contributed by atoms with Crippen LogP contribution in [-0.4, -0.2) is 0 Å². The number of nitriles is 1. The Morgan fingerprint density at radius 3 is 2.40 bits per heavy atom. The summed E-state index contributed by atoms with van der Waals surface area (Å²) in [6.45, 7) is 6.08. The third-order valence-electron chi connectivity index (χ3n) is 1.50. The van der Waals surface area contributed by atoms with Crippen molar-refractivity contribution in [2.45, 2.75) is 33.6 Å². The molecular weight excluding hydrogens is 122 g/mol. The maximum Gasteiger partial charge on any atom is 0.0662 e. The van der Waals surface area contributed by atoms with Crippen LogP contribution in [0.5, 0.6) is 0 Å². The van der Waals surface area contributed by atoms with Gasteiger partial charge in [-0.2, -0.15) is 5.26 Å². The average molecular weight is 137 g/mol. The summed E-state index contributed by atoms with van der Waals surface area (Å²) in [5.74, 6) is 0.287. The summed E-state index contributed by atoms with van der Waals surface area (Å²) in [7, 11) is 0. The minimum atomic E-state index is 0.287. The zero-order valence-electron chi connectivity index (χ0n) is 7.02. The maximum atomic E-state index is 8.40. The van der Waals surface area contributed by atoms with Crippen molar-refractivity contribution in [2.24, 2.45) is 5.92 Å². The van der Waals surface area contributed by atoms with Gasteiger partial charge in [0.2, 0.25) is 0 Å². The molecule has 0 aliphatic heterocycles. The number of nitrogens with zero attached hydrogens (tertiary/aromatic N) is 1. The molecule has 1 nitrogen and oxygen atoms in total. The fraction of sp³-hybridized carbons (Fsp3) is 0.667. The standard InChI is InChI=1S/C7H9N.C2H6/c1-6-2-3-7(4-6)5-8;1-2/h2,7H,3-4H2,1H3;1-2H3. The summed E-state index contributed by atoms with van der Waals surface area (Å²) >= 11 is 0. The molecule has 1 unspecified atom stereocenters. The van der Waals surface area contributed by atoms with Crippen LogP contribution in [0.2, 0.25) is 0 Å². The van der Waals surface area contributed by atoms with Crippen molar-refractivity contribution in [3.05, 3.63) is 11.6 Å². The normalized spacial score (nSPS) is 22.2. The van der Waals surface area contributed by atoms with E-state index in [0.717, 1.165) is 12.8 Å². The summed E-state index contributed by atoms with van der Waals surface area (Å²) in [5.41, 5.74) is 1.37. The molecule has 1 rings (SSSR count). The summed E-state index contributed by atoms with van der Waals surface area (Å²) in [6, 6.07) is 2.24. The topological polar surface area (TPSA) is 23.8 Å². The lowest BCUT2D eigenvalue weighted by Crippen LogP contribution is -1.86. The van der Waals surface area contributed by atoms with Gasteiger partial charge in [-0.1, -0.05) is 25.5 Å². The van der Waals surface area contributed by atoms with E-state index in [9.17, 15) is 0 Å². The van der Waals surface area contributed by atoms with E-state index in [1.807, 2.05) is 13.8 Å². The largest absolute Gasteiger partial charge is 0.198 e. The molecule has 0 radical (unpaired) electrons. The molecule has 0 saturated carbocycles. The Hall–Kier alpha value is -0.770. The quantitative estimate of drug-likeness (QED) is 0.471. The predicted molar refractivity (Wildman–Crippen MR) is 43.4 cm³/mol. The Bertz CT molecular complexity index is 151. The highest BCUT2D eigenvalue weighted by molar-refractivity contribution is 5.11.